The van der Waals surface area contributed by atoms with Crippen molar-refractivity contribution in [2.45, 2.75) is 39.7 Å². The van der Waals surface area contributed by atoms with Crippen LogP contribution in [0.4, 0.5) is 0 Å². The van der Waals surface area contributed by atoms with Gasteiger partial charge in [0.2, 0.25) is 0 Å². The first-order valence-electron chi connectivity index (χ1n) is 6.99. The molecule has 2 aromatic rings. The Morgan fingerprint density at radius 2 is 2.29 bits per heavy atom. The van der Waals surface area contributed by atoms with Gasteiger partial charge in [-0.3, -0.25) is 4.79 Å². The molecule has 0 aromatic carbocycles. The van der Waals surface area contributed by atoms with Gasteiger partial charge in [-0.15, -0.1) is 11.3 Å². The maximum atomic E-state index is 12.5. The fraction of sp³-hybridized carbons (Fsp3) is 0.438. The van der Waals surface area contributed by atoms with Crippen molar-refractivity contribution >= 4 is 33.2 Å². The highest BCUT2D eigenvalue weighted by atomic mass is 79.9. The molecule has 1 unspecified atom stereocenters. The van der Waals surface area contributed by atoms with Crippen molar-refractivity contribution in [3.05, 3.63) is 43.9 Å². The molecule has 1 aliphatic carbocycles. The van der Waals surface area contributed by atoms with Crippen LogP contribution in [0.1, 0.15) is 53.1 Å². The fourth-order valence-corrected chi connectivity index (χ4v) is 4.45. The minimum atomic E-state index is -0.0237. The van der Waals surface area contributed by atoms with E-state index in [0.717, 1.165) is 39.3 Å². The molecule has 21 heavy (non-hydrogen) atoms. The number of halogens is 1. The smallest absolute Gasteiger partial charge is 0.262 e. The van der Waals surface area contributed by atoms with Gasteiger partial charge in [0.25, 0.3) is 5.91 Å². The van der Waals surface area contributed by atoms with Gasteiger partial charge in [0.1, 0.15) is 16.4 Å². The van der Waals surface area contributed by atoms with Crippen molar-refractivity contribution in [2.24, 2.45) is 5.41 Å². The second-order valence-corrected chi connectivity index (χ2v) is 8.17. The minimum Gasteiger partial charge on any atom is -0.466 e. The zero-order valence-corrected chi connectivity index (χ0v) is 14.7. The lowest BCUT2D eigenvalue weighted by Crippen LogP contribution is -2.35. The Morgan fingerprint density at radius 3 is 2.95 bits per heavy atom. The van der Waals surface area contributed by atoms with E-state index in [9.17, 15) is 4.79 Å². The van der Waals surface area contributed by atoms with Crippen LogP contribution >= 0.6 is 27.3 Å². The van der Waals surface area contributed by atoms with Gasteiger partial charge in [0.15, 0.2) is 0 Å². The number of amides is 1. The third kappa shape index (κ3) is 2.94. The molecular weight excluding hydrogens is 350 g/mol. The van der Waals surface area contributed by atoms with Crippen molar-refractivity contribution in [3.63, 3.8) is 0 Å². The average molecular weight is 368 g/mol. The van der Waals surface area contributed by atoms with Crippen molar-refractivity contribution in [3.8, 4) is 0 Å². The number of furan rings is 1. The molecule has 0 bridgehead atoms. The van der Waals surface area contributed by atoms with E-state index in [4.69, 9.17) is 4.42 Å². The third-order valence-corrected chi connectivity index (χ3v) is 5.70. The van der Waals surface area contributed by atoms with E-state index in [2.05, 4.69) is 41.2 Å². The lowest BCUT2D eigenvalue weighted by atomic mass is 9.74. The second-order valence-electron chi connectivity index (χ2n) is 6.40. The molecule has 1 amide bonds. The van der Waals surface area contributed by atoms with Crippen LogP contribution in [0.3, 0.4) is 0 Å². The van der Waals surface area contributed by atoms with E-state index in [0.29, 0.717) is 0 Å². The number of nitrogens with one attached hydrogen (secondary N) is 1. The van der Waals surface area contributed by atoms with Crippen molar-refractivity contribution in [1.82, 2.24) is 5.32 Å². The van der Waals surface area contributed by atoms with Gasteiger partial charge in [-0.1, -0.05) is 13.8 Å². The summed E-state index contributed by atoms with van der Waals surface area (Å²) in [5, 5.41) is 5.08. The lowest BCUT2D eigenvalue weighted by Gasteiger charge is -2.34. The molecule has 3 nitrogen and oxygen atoms in total. The summed E-state index contributed by atoms with van der Waals surface area (Å²) in [6.07, 6.45) is 1.85. The maximum absolute atomic E-state index is 12.5. The topological polar surface area (TPSA) is 42.2 Å². The first-order valence-corrected chi connectivity index (χ1v) is 8.66. The zero-order chi connectivity index (χ0) is 15.2. The number of hydrogen-bond acceptors (Lipinski definition) is 3. The molecule has 2 heterocycles. The SMILES string of the molecule is Cc1cc2c(o1)CC(C)(C)CC2NC(=O)c1sccc1Br. The third-order valence-electron chi connectivity index (χ3n) is 3.86. The van der Waals surface area contributed by atoms with E-state index in [-0.39, 0.29) is 17.4 Å². The molecular formula is C16H18BrNO2S. The second kappa shape index (κ2) is 5.29. The van der Waals surface area contributed by atoms with Crippen molar-refractivity contribution < 1.29 is 9.21 Å². The summed E-state index contributed by atoms with van der Waals surface area (Å²) in [4.78, 5) is 13.2. The predicted molar refractivity (Wildman–Crippen MR) is 87.8 cm³/mol. The average Bonchev–Trinajstić information content (AvgIpc) is 2.93. The molecule has 112 valence electrons. The highest BCUT2D eigenvalue weighted by molar-refractivity contribution is 9.10. The largest absolute Gasteiger partial charge is 0.466 e. The molecule has 0 spiro atoms. The van der Waals surface area contributed by atoms with Crippen LogP contribution in [0.5, 0.6) is 0 Å². The Morgan fingerprint density at radius 1 is 1.52 bits per heavy atom. The monoisotopic (exact) mass is 367 g/mol. The Balaban J connectivity index is 1.88. The minimum absolute atomic E-state index is 0.0164. The highest BCUT2D eigenvalue weighted by Crippen LogP contribution is 2.42. The number of carbonyl (C=O) groups is 1. The van der Waals surface area contributed by atoms with Crippen LogP contribution in [0.15, 0.2) is 26.4 Å². The molecule has 2 aromatic heterocycles. The number of rotatable bonds is 2. The fourth-order valence-electron chi connectivity index (χ4n) is 2.99. The zero-order valence-electron chi connectivity index (χ0n) is 12.3. The molecule has 0 radical (unpaired) electrons. The molecule has 1 aliphatic rings. The first kappa shape index (κ1) is 14.9. The molecule has 5 heteroatoms. The normalized spacial score (nSPS) is 20.1. The number of aryl methyl sites for hydroxylation is 1. The van der Waals surface area contributed by atoms with Crippen molar-refractivity contribution in [2.75, 3.05) is 0 Å². The summed E-state index contributed by atoms with van der Waals surface area (Å²) in [5.41, 5.74) is 1.26. The number of carbonyl (C=O) groups excluding carboxylic acids is 1. The van der Waals surface area contributed by atoms with Crippen LogP contribution in [0, 0.1) is 12.3 Å². The molecule has 0 saturated carbocycles. The Labute approximate surface area is 136 Å². The summed E-state index contributed by atoms with van der Waals surface area (Å²) in [5.74, 6) is 1.90. The van der Waals surface area contributed by atoms with Crippen LogP contribution in [-0.4, -0.2) is 5.91 Å². The van der Waals surface area contributed by atoms with Gasteiger partial charge < -0.3 is 9.73 Å². The highest BCUT2D eigenvalue weighted by Gasteiger charge is 2.35. The van der Waals surface area contributed by atoms with E-state index in [1.165, 1.54) is 11.3 Å². The van der Waals surface area contributed by atoms with Gasteiger partial charge >= 0.3 is 0 Å². The predicted octanol–water partition coefficient (Wildman–Crippen LogP) is 4.86. The summed E-state index contributed by atoms with van der Waals surface area (Å²) >= 11 is 4.87. The van der Waals surface area contributed by atoms with E-state index in [1.54, 1.807) is 0 Å². The van der Waals surface area contributed by atoms with Gasteiger partial charge in [-0.05, 0) is 52.2 Å². The summed E-state index contributed by atoms with van der Waals surface area (Å²) < 4.78 is 6.66. The Bertz CT molecular complexity index is 686. The number of thiophene rings is 1. The number of hydrogen-bond donors (Lipinski definition) is 1. The summed E-state index contributed by atoms with van der Waals surface area (Å²) in [6.45, 7) is 6.39. The molecule has 0 aliphatic heterocycles. The lowest BCUT2D eigenvalue weighted by molar-refractivity contribution is 0.0921. The maximum Gasteiger partial charge on any atom is 0.262 e. The van der Waals surface area contributed by atoms with Crippen LogP contribution in [-0.2, 0) is 6.42 Å². The van der Waals surface area contributed by atoms with Gasteiger partial charge in [-0.2, -0.15) is 0 Å². The van der Waals surface area contributed by atoms with E-state index < -0.39 is 0 Å². The van der Waals surface area contributed by atoms with Crippen molar-refractivity contribution in [1.29, 1.82) is 0 Å². The molecule has 0 fully saturated rings. The van der Waals surface area contributed by atoms with Gasteiger partial charge in [0.05, 0.1) is 6.04 Å². The molecule has 1 atom stereocenters. The van der Waals surface area contributed by atoms with Crippen LogP contribution in [0.25, 0.3) is 0 Å². The van der Waals surface area contributed by atoms with Crippen LogP contribution in [0.2, 0.25) is 0 Å². The summed E-state index contributed by atoms with van der Waals surface area (Å²) in [7, 11) is 0. The standard InChI is InChI=1S/C16H18BrNO2S/c1-9-6-10-12(7-16(2,3)8-13(10)20-9)18-15(19)14-11(17)4-5-21-14/h4-6,12H,7-8H2,1-3H3,(H,18,19). The van der Waals surface area contributed by atoms with E-state index in [1.807, 2.05) is 18.4 Å². The quantitative estimate of drug-likeness (QED) is 0.823. The van der Waals surface area contributed by atoms with E-state index >= 15 is 0 Å². The van der Waals surface area contributed by atoms with Crippen LogP contribution < -0.4 is 5.32 Å². The molecule has 0 saturated heterocycles. The Kier molecular flexibility index (Phi) is 3.74. The van der Waals surface area contributed by atoms with Gasteiger partial charge in [-0.25, -0.2) is 0 Å². The molecule has 1 N–H and O–H groups in total. The first-order chi connectivity index (χ1) is 9.85. The number of fused-ring (bicyclic) bond motifs is 1. The molecule has 3 rings (SSSR count). The van der Waals surface area contributed by atoms with Gasteiger partial charge in [0, 0.05) is 16.5 Å². The Hall–Kier alpha value is -1.07. The summed E-state index contributed by atoms with van der Waals surface area (Å²) in [6, 6.07) is 3.97.